The molecule has 1 aromatic heterocycles. The van der Waals surface area contributed by atoms with E-state index in [0.29, 0.717) is 11.9 Å². The van der Waals surface area contributed by atoms with Crippen LogP contribution in [0.3, 0.4) is 0 Å². The van der Waals surface area contributed by atoms with E-state index in [-0.39, 0.29) is 5.41 Å². The molecule has 3 heterocycles. The van der Waals surface area contributed by atoms with E-state index in [1.165, 1.54) is 37.7 Å². The first-order valence-electron chi connectivity index (χ1n) is 9.67. The highest BCUT2D eigenvalue weighted by atomic mass is 16.2. The van der Waals surface area contributed by atoms with Gasteiger partial charge < -0.3 is 9.80 Å². The van der Waals surface area contributed by atoms with Gasteiger partial charge in [-0.25, -0.2) is 4.98 Å². The van der Waals surface area contributed by atoms with Crippen LogP contribution in [-0.4, -0.2) is 41.5 Å². The predicted molar refractivity (Wildman–Crippen MR) is 96.1 cm³/mol. The zero-order valence-corrected chi connectivity index (χ0v) is 14.8. The number of nitrogens with zero attached hydrogens (tertiary/aromatic N) is 3. The summed E-state index contributed by atoms with van der Waals surface area (Å²) in [6, 6.07) is 4.74. The van der Waals surface area contributed by atoms with Crippen molar-refractivity contribution in [3.05, 3.63) is 23.9 Å². The van der Waals surface area contributed by atoms with Gasteiger partial charge in [-0.1, -0.05) is 25.3 Å². The molecule has 1 saturated carbocycles. The topological polar surface area (TPSA) is 36.4 Å². The van der Waals surface area contributed by atoms with Gasteiger partial charge in [-0.15, -0.1) is 0 Å². The van der Waals surface area contributed by atoms with E-state index in [1.54, 1.807) is 0 Å². The number of likely N-dealkylation sites (tertiary alicyclic amines) is 1. The largest absolute Gasteiger partial charge is 0.356 e. The summed E-state index contributed by atoms with van der Waals surface area (Å²) in [5.41, 5.74) is 1.04. The molecule has 130 valence electrons. The summed E-state index contributed by atoms with van der Waals surface area (Å²) < 4.78 is 0. The fraction of sp³-hybridized carbons (Fsp3) is 0.700. The maximum Gasteiger partial charge on any atom is 0.230 e. The molecule has 4 heteroatoms. The number of aryl methyl sites for hydroxylation is 1. The zero-order valence-electron chi connectivity index (χ0n) is 14.8. The van der Waals surface area contributed by atoms with E-state index < -0.39 is 0 Å². The van der Waals surface area contributed by atoms with Crippen LogP contribution in [0.25, 0.3) is 0 Å². The van der Waals surface area contributed by atoms with Crippen LogP contribution in [0.4, 0.5) is 5.82 Å². The van der Waals surface area contributed by atoms with Crippen molar-refractivity contribution in [2.45, 2.75) is 64.3 Å². The highest BCUT2D eigenvalue weighted by Gasteiger charge is 2.50. The highest BCUT2D eigenvalue weighted by molar-refractivity contribution is 5.86. The summed E-state index contributed by atoms with van der Waals surface area (Å²) in [6.07, 6.45) is 11.5. The van der Waals surface area contributed by atoms with E-state index in [2.05, 4.69) is 33.8 Å². The predicted octanol–water partition coefficient (Wildman–Crippen LogP) is 3.54. The number of aromatic nitrogens is 1. The molecular weight excluding hydrogens is 298 g/mol. The third-order valence-corrected chi connectivity index (χ3v) is 6.36. The molecule has 1 spiro atoms. The van der Waals surface area contributed by atoms with Crippen molar-refractivity contribution in [1.29, 1.82) is 0 Å². The molecule has 0 bridgehead atoms. The second-order valence-electron chi connectivity index (χ2n) is 8.04. The summed E-state index contributed by atoms with van der Waals surface area (Å²) in [4.78, 5) is 22.5. The average molecular weight is 327 g/mol. The van der Waals surface area contributed by atoms with Crippen LogP contribution in [0.1, 0.15) is 56.9 Å². The quantitative estimate of drug-likeness (QED) is 0.833. The lowest BCUT2D eigenvalue weighted by atomic mass is 9.78. The van der Waals surface area contributed by atoms with Crippen LogP contribution in [0, 0.1) is 12.3 Å². The third kappa shape index (κ3) is 2.80. The van der Waals surface area contributed by atoms with Crippen LogP contribution in [0.5, 0.6) is 0 Å². The number of hydrogen-bond acceptors (Lipinski definition) is 3. The number of amides is 1. The van der Waals surface area contributed by atoms with Crippen LogP contribution in [-0.2, 0) is 4.79 Å². The Hall–Kier alpha value is -1.58. The molecule has 1 amide bonds. The number of carbonyl (C=O) groups is 1. The standard InChI is InChI=1S/C20H29N3O/c1-16-8-9-18(21-14-16)22-12-5-10-20(15-22)11-13-23(19(20)24)17-6-3-2-4-7-17/h8-9,14,17H,2-7,10-13,15H2,1H3/t20-/m1/s1. The lowest BCUT2D eigenvalue weighted by Crippen LogP contribution is -2.50. The Kier molecular flexibility index (Phi) is 4.23. The van der Waals surface area contributed by atoms with Crippen molar-refractivity contribution in [2.24, 2.45) is 5.41 Å². The number of anilines is 1. The Labute approximate surface area is 145 Å². The van der Waals surface area contributed by atoms with E-state index in [1.807, 2.05) is 6.20 Å². The fourth-order valence-corrected chi connectivity index (χ4v) is 4.94. The van der Waals surface area contributed by atoms with Gasteiger partial charge in [-0.2, -0.15) is 0 Å². The molecule has 0 radical (unpaired) electrons. The Morgan fingerprint density at radius 1 is 1.08 bits per heavy atom. The average Bonchev–Trinajstić information content (AvgIpc) is 2.93. The van der Waals surface area contributed by atoms with E-state index >= 15 is 0 Å². The zero-order chi connectivity index (χ0) is 16.6. The van der Waals surface area contributed by atoms with Gasteiger partial charge in [0.15, 0.2) is 0 Å². The van der Waals surface area contributed by atoms with Gasteiger partial charge >= 0.3 is 0 Å². The summed E-state index contributed by atoms with van der Waals surface area (Å²) in [5.74, 6) is 1.47. The monoisotopic (exact) mass is 327 g/mol. The van der Waals surface area contributed by atoms with E-state index in [9.17, 15) is 4.79 Å². The smallest absolute Gasteiger partial charge is 0.230 e. The molecule has 3 aliphatic rings. The second kappa shape index (κ2) is 6.38. The van der Waals surface area contributed by atoms with Crippen molar-refractivity contribution in [3.8, 4) is 0 Å². The molecule has 2 aliphatic heterocycles. The van der Waals surface area contributed by atoms with Gasteiger partial charge in [0.1, 0.15) is 5.82 Å². The number of pyridine rings is 1. The number of hydrogen-bond donors (Lipinski definition) is 0. The molecule has 0 N–H and O–H groups in total. The number of rotatable bonds is 2. The first kappa shape index (κ1) is 15.9. The number of piperidine rings is 1. The van der Waals surface area contributed by atoms with Crippen molar-refractivity contribution in [3.63, 3.8) is 0 Å². The molecule has 3 fully saturated rings. The van der Waals surface area contributed by atoms with E-state index in [0.717, 1.165) is 44.7 Å². The normalized spacial score (nSPS) is 28.8. The third-order valence-electron chi connectivity index (χ3n) is 6.36. The molecule has 4 nitrogen and oxygen atoms in total. The molecule has 0 aromatic carbocycles. The van der Waals surface area contributed by atoms with Crippen LogP contribution in [0.15, 0.2) is 18.3 Å². The molecule has 0 unspecified atom stereocenters. The van der Waals surface area contributed by atoms with Gasteiger partial charge in [-0.3, -0.25) is 4.79 Å². The lowest BCUT2D eigenvalue weighted by molar-refractivity contribution is -0.138. The SMILES string of the molecule is Cc1ccc(N2CCC[C@@]3(CCN(C4CCCCC4)C3=O)C2)nc1. The van der Waals surface area contributed by atoms with Crippen LogP contribution >= 0.6 is 0 Å². The summed E-state index contributed by atoms with van der Waals surface area (Å²) in [6.45, 7) is 4.91. The molecule has 4 rings (SSSR count). The Morgan fingerprint density at radius 2 is 1.92 bits per heavy atom. The maximum absolute atomic E-state index is 13.3. The van der Waals surface area contributed by atoms with Crippen LogP contribution in [0.2, 0.25) is 0 Å². The minimum Gasteiger partial charge on any atom is -0.356 e. The molecule has 1 aromatic rings. The minimum absolute atomic E-state index is 0.151. The highest BCUT2D eigenvalue weighted by Crippen LogP contribution is 2.43. The van der Waals surface area contributed by atoms with E-state index in [4.69, 9.17) is 0 Å². The maximum atomic E-state index is 13.3. The molecular formula is C20H29N3O. The van der Waals surface area contributed by atoms with Crippen molar-refractivity contribution >= 4 is 11.7 Å². The molecule has 1 aliphatic carbocycles. The molecule has 1 atom stereocenters. The molecule has 24 heavy (non-hydrogen) atoms. The first-order valence-corrected chi connectivity index (χ1v) is 9.67. The summed E-state index contributed by atoms with van der Waals surface area (Å²) in [5, 5.41) is 0. The van der Waals surface area contributed by atoms with Gasteiger partial charge in [0.25, 0.3) is 0 Å². The van der Waals surface area contributed by atoms with Crippen LogP contribution < -0.4 is 4.90 Å². The first-order chi connectivity index (χ1) is 11.7. The number of carbonyl (C=O) groups excluding carboxylic acids is 1. The molecule has 2 saturated heterocycles. The van der Waals surface area contributed by atoms with Gasteiger partial charge in [0, 0.05) is 31.9 Å². The van der Waals surface area contributed by atoms with Crippen molar-refractivity contribution in [1.82, 2.24) is 9.88 Å². The van der Waals surface area contributed by atoms with Gasteiger partial charge in [0.05, 0.1) is 5.41 Å². The Bertz CT molecular complexity index is 593. The van der Waals surface area contributed by atoms with Crippen molar-refractivity contribution < 1.29 is 4.79 Å². The summed E-state index contributed by atoms with van der Waals surface area (Å²) >= 11 is 0. The minimum atomic E-state index is -0.151. The Balaban J connectivity index is 1.50. The van der Waals surface area contributed by atoms with Crippen molar-refractivity contribution in [2.75, 3.05) is 24.5 Å². The second-order valence-corrected chi connectivity index (χ2v) is 8.04. The lowest BCUT2D eigenvalue weighted by Gasteiger charge is -2.40. The van der Waals surface area contributed by atoms with Gasteiger partial charge in [-0.05, 0) is 50.7 Å². The fourth-order valence-electron chi connectivity index (χ4n) is 4.94. The summed E-state index contributed by atoms with van der Waals surface area (Å²) in [7, 11) is 0. The Morgan fingerprint density at radius 3 is 2.67 bits per heavy atom. The van der Waals surface area contributed by atoms with Gasteiger partial charge in [0.2, 0.25) is 5.91 Å².